The van der Waals surface area contributed by atoms with E-state index in [1.54, 1.807) is 0 Å². The van der Waals surface area contributed by atoms with E-state index in [4.69, 9.17) is 5.11 Å². The molecule has 1 fully saturated rings. The molecule has 0 bridgehead atoms. The molecule has 21 heavy (non-hydrogen) atoms. The summed E-state index contributed by atoms with van der Waals surface area (Å²) < 4.78 is 0. The van der Waals surface area contributed by atoms with Crippen LogP contribution in [-0.4, -0.2) is 45.9 Å². The van der Waals surface area contributed by atoms with Gasteiger partial charge < -0.3 is 10.4 Å². The van der Waals surface area contributed by atoms with Gasteiger partial charge in [-0.3, -0.25) is 19.3 Å². The number of carboxylic acids is 1. The Balaban J connectivity index is 1.75. The summed E-state index contributed by atoms with van der Waals surface area (Å²) in [6, 6.07) is -0.470. The first-order valence-electron chi connectivity index (χ1n) is 6.76. The average Bonchev–Trinajstić information content (AvgIpc) is 2.98. The Kier molecular flexibility index (Phi) is 3.40. The van der Waals surface area contributed by atoms with Crippen molar-refractivity contribution in [1.29, 1.82) is 0 Å². The maximum Gasteiger partial charge on any atom is 0.312 e. The summed E-state index contributed by atoms with van der Waals surface area (Å²) in [4.78, 5) is 41.0. The number of carbonyl (C=O) groups excluding carboxylic acids is 2. The Labute approximate surface area is 125 Å². The Morgan fingerprint density at radius 1 is 1.38 bits per heavy atom. The van der Waals surface area contributed by atoms with Gasteiger partial charge in [0.1, 0.15) is 12.0 Å². The van der Waals surface area contributed by atoms with Gasteiger partial charge in [0, 0.05) is 18.3 Å². The molecule has 112 valence electrons. The number of amides is 2. The number of likely N-dealkylation sites (tertiary alicyclic amines) is 1. The number of aryl methyl sites for hydroxylation is 1. The van der Waals surface area contributed by atoms with Crippen LogP contribution in [0.15, 0.2) is 0 Å². The molecule has 0 saturated carbocycles. The highest BCUT2D eigenvalue weighted by Gasteiger charge is 2.35. The van der Waals surface area contributed by atoms with E-state index in [1.807, 2.05) is 0 Å². The molecule has 2 amide bonds. The smallest absolute Gasteiger partial charge is 0.312 e. The summed E-state index contributed by atoms with van der Waals surface area (Å²) in [5.41, 5.74) is 0.614. The molecular weight excluding hydrogens is 294 g/mol. The standard InChI is InChI=1S/C13H15N3O4S/c1-16-9(17)5-3-7(11(16)18)14-13-15-10-6(12(19)20)2-4-8(10)21-13/h6-7H,2-5H2,1H3,(H,14,15)(H,19,20). The van der Waals surface area contributed by atoms with E-state index in [-0.39, 0.29) is 11.8 Å². The van der Waals surface area contributed by atoms with Crippen molar-refractivity contribution in [1.82, 2.24) is 9.88 Å². The van der Waals surface area contributed by atoms with Crippen LogP contribution in [0, 0.1) is 0 Å². The molecule has 2 N–H and O–H groups in total. The Morgan fingerprint density at radius 3 is 2.86 bits per heavy atom. The fourth-order valence-electron chi connectivity index (χ4n) is 2.73. The lowest BCUT2D eigenvalue weighted by molar-refractivity contribution is -0.147. The summed E-state index contributed by atoms with van der Waals surface area (Å²) in [5, 5.41) is 12.7. The van der Waals surface area contributed by atoms with E-state index in [1.165, 1.54) is 18.4 Å². The van der Waals surface area contributed by atoms with Gasteiger partial charge in [0.05, 0.1) is 5.69 Å². The van der Waals surface area contributed by atoms with Crippen LogP contribution in [0.4, 0.5) is 5.13 Å². The topological polar surface area (TPSA) is 99.6 Å². The van der Waals surface area contributed by atoms with E-state index in [0.717, 1.165) is 9.78 Å². The Morgan fingerprint density at radius 2 is 2.14 bits per heavy atom. The summed E-state index contributed by atoms with van der Waals surface area (Å²) >= 11 is 1.40. The average molecular weight is 309 g/mol. The van der Waals surface area contributed by atoms with Crippen LogP contribution in [0.1, 0.15) is 35.8 Å². The molecule has 1 saturated heterocycles. The molecule has 1 aromatic rings. The van der Waals surface area contributed by atoms with Crippen LogP contribution in [0.2, 0.25) is 0 Å². The van der Waals surface area contributed by atoms with Crippen molar-refractivity contribution in [3.05, 3.63) is 10.6 Å². The third kappa shape index (κ3) is 2.39. The molecule has 1 aliphatic heterocycles. The van der Waals surface area contributed by atoms with Crippen molar-refractivity contribution in [2.24, 2.45) is 0 Å². The maximum absolute atomic E-state index is 12.0. The van der Waals surface area contributed by atoms with Crippen LogP contribution >= 0.6 is 11.3 Å². The third-order valence-electron chi connectivity index (χ3n) is 3.96. The van der Waals surface area contributed by atoms with Crippen LogP contribution < -0.4 is 5.32 Å². The van der Waals surface area contributed by atoms with E-state index in [0.29, 0.717) is 36.5 Å². The number of piperidine rings is 1. The SMILES string of the molecule is CN1C(=O)CCC(Nc2nc3c(s2)CCC3C(=O)O)C1=O. The first-order chi connectivity index (χ1) is 9.97. The molecule has 0 radical (unpaired) electrons. The molecule has 2 heterocycles. The van der Waals surface area contributed by atoms with Crippen molar-refractivity contribution < 1.29 is 19.5 Å². The number of imide groups is 1. The molecular formula is C13H15N3O4S. The second kappa shape index (κ2) is 5.10. The highest BCUT2D eigenvalue weighted by molar-refractivity contribution is 7.15. The van der Waals surface area contributed by atoms with Crippen LogP contribution in [0.3, 0.4) is 0 Å². The lowest BCUT2D eigenvalue weighted by Crippen LogP contribution is -2.48. The normalized spacial score (nSPS) is 25.1. The van der Waals surface area contributed by atoms with Crippen LogP contribution in [0.5, 0.6) is 0 Å². The fraction of sp³-hybridized carbons (Fsp3) is 0.538. The van der Waals surface area contributed by atoms with Gasteiger partial charge in [0.25, 0.3) is 5.91 Å². The number of carboxylic acid groups (broad SMARTS) is 1. The molecule has 3 rings (SSSR count). The minimum absolute atomic E-state index is 0.175. The monoisotopic (exact) mass is 309 g/mol. The quantitative estimate of drug-likeness (QED) is 0.802. The van der Waals surface area contributed by atoms with Crippen LogP contribution in [0.25, 0.3) is 0 Å². The zero-order valence-electron chi connectivity index (χ0n) is 11.5. The number of nitrogens with zero attached hydrogens (tertiary/aromatic N) is 2. The summed E-state index contributed by atoms with van der Waals surface area (Å²) in [6.45, 7) is 0. The molecule has 0 spiro atoms. The van der Waals surface area contributed by atoms with Crippen molar-refractivity contribution in [3.8, 4) is 0 Å². The molecule has 8 heteroatoms. The summed E-state index contributed by atoms with van der Waals surface area (Å²) in [6.07, 6.45) is 2.06. The predicted octanol–water partition coefficient (Wildman–Crippen LogP) is 0.817. The Bertz CT molecular complexity index is 627. The number of hydrogen-bond donors (Lipinski definition) is 2. The molecule has 2 unspecified atom stereocenters. The van der Waals surface area contributed by atoms with Gasteiger partial charge in [-0.15, -0.1) is 11.3 Å². The highest BCUT2D eigenvalue weighted by atomic mass is 32.1. The number of rotatable bonds is 3. The number of thiazole rings is 1. The summed E-state index contributed by atoms with van der Waals surface area (Å²) in [5.74, 6) is -1.84. The number of likely N-dealkylation sites (N-methyl/N-ethyl adjacent to an activating group) is 1. The van der Waals surface area contributed by atoms with Gasteiger partial charge in [-0.1, -0.05) is 0 Å². The largest absolute Gasteiger partial charge is 0.481 e. The van der Waals surface area contributed by atoms with Gasteiger partial charge in [0.2, 0.25) is 5.91 Å². The minimum Gasteiger partial charge on any atom is -0.481 e. The molecule has 2 atom stereocenters. The van der Waals surface area contributed by atoms with E-state index < -0.39 is 17.9 Å². The number of aliphatic carboxylic acids is 1. The molecule has 2 aliphatic rings. The fourth-order valence-corrected chi connectivity index (χ4v) is 3.82. The lowest BCUT2D eigenvalue weighted by Gasteiger charge is -2.27. The van der Waals surface area contributed by atoms with Gasteiger partial charge in [-0.05, 0) is 19.3 Å². The second-order valence-corrected chi connectivity index (χ2v) is 6.37. The van der Waals surface area contributed by atoms with Crippen molar-refractivity contribution in [3.63, 3.8) is 0 Å². The van der Waals surface area contributed by atoms with Crippen molar-refractivity contribution >= 4 is 34.3 Å². The van der Waals surface area contributed by atoms with Crippen LogP contribution in [-0.2, 0) is 20.8 Å². The van der Waals surface area contributed by atoms with E-state index in [2.05, 4.69) is 10.3 Å². The van der Waals surface area contributed by atoms with Gasteiger partial charge in [-0.2, -0.15) is 0 Å². The predicted molar refractivity (Wildman–Crippen MR) is 75.2 cm³/mol. The zero-order chi connectivity index (χ0) is 15.1. The molecule has 7 nitrogen and oxygen atoms in total. The van der Waals surface area contributed by atoms with Gasteiger partial charge in [0.15, 0.2) is 5.13 Å². The lowest BCUT2D eigenvalue weighted by atomic mass is 10.1. The van der Waals surface area contributed by atoms with E-state index >= 15 is 0 Å². The molecule has 0 aromatic carbocycles. The number of aromatic nitrogens is 1. The Hall–Kier alpha value is -1.96. The van der Waals surface area contributed by atoms with Crippen molar-refractivity contribution in [2.45, 2.75) is 37.6 Å². The first-order valence-corrected chi connectivity index (χ1v) is 7.58. The minimum atomic E-state index is -0.857. The van der Waals surface area contributed by atoms with E-state index in [9.17, 15) is 14.4 Å². The number of fused-ring (bicyclic) bond motifs is 1. The number of hydrogen-bond acceptors (Lipinski definition) is 6. The van der Waals surface area contributed by atoms with Gasteiger partial charge >= 0.3 is 5.97 Å². The zero-order valence-corrected chi connectivity index (χ0v) is 12.3. The van der Waals surface area contributed by atoms with Gasteiger partial charge in [-0.25, -0.2) is 4.98 Å². The number of carbonyl (C=O) groups is 3. The third-order valence-corrected chi connectivity index (χ3v) is 5.03. The second-order valence-electron chi connectivity index (χ2n) is 5.28. The number of anilines is 1. The number of nitrogens with one attached hydrogen (secondary N) is 1. The van der Waals surface area contributed by atoms with Crippen molar-refractivity contribution in [2.75, 3.05) is 12.4 Å². The highest BCUT2D eigenvalue weighted by Crippen LogP contribution is 2.38. The maximum atomic E-state index is 12.0. The summed E-state index contributed by atoms with van der Waals surface area (Å²) in [7, 11) is 1.47. The first kappa shape index (κ1) is 14.0. The molecule has 1 aromatic heterocycles. The molecule has 1 aliphatic carbocycles.